The Morgan fingerprint density at radius 3 is 2.33 bits per heavy atom. The first-order valence-corrected chi connectivity index (χ1v) is 7.21. The van der Waals surface area contributed by atoms with Crippen molar-refractivity contribution in [2.75, 3.05) is 16.4 Å². The predicted octanol–water partition coefficient (Wildman–Crippen LogP) is 1.37. The highest BCUT2D eigenvalue weighted by atomic mass is 32.2. The summed E-state index contributed by atoms with van der Waals surface area (Å²) in [7, 11) is -3.04. The first kappa shape index (κ1) is 12.6. The van der Waals surface area contributed by atoms with Gasteiger partial charge in [0.05, 0.1) is 11.8 Å². The molecule has 0 saturated carbocycles. The minimum absolute atomic E-state index is 0.0838. The molecule has 2 N–H and O–H groups in total. The fraction of sp³-hybridized carbons (Fsp3) is 0.250. The van der Waals surface area contributed by atoms with Crippen molar-refractivity contribution in [3.05, 3.63) is 35.7 Å². The quantitative estimate of drug-likeness (QED) is 0.866. The summed E-state index contributed by atoms with van der Waals surface area (Å²) < 4.78 is 22.5. The van der Waals surface area contributed by atoms with Crippen LogP contribution in [0.3, 0.4) is 0 Å². The molecule has 1 aromatic carbocycles. The molecule has 2 rings (SSSR count). The number of rotatable bonds is 3. The highest BCUT2D eigenvalue weighted by molar-refractivity contribution is 7.94. The van der Waals surface area contributed by atoms with Crippen LogP contribution in [-0.2, 0) is 14.6 Å². The predicted molar refractivity (Wildman–Crippen MR) is 71.1 cm³/mol. The smallest absolute Gasteiger partial charge is 0.221 e. The third-order valence-corrected chi connectivity index (χ3v) is 3.88. The average molecular weight is 266 g/mol. The zero-order valence-electron chi connectivity index (χ0n) is 9.88. The van der Waals surface area contributed by atoms with Gasteiger partial charge < -0.3 is 10.6 Å². The molecule has 5 nitrogen and oxygen atoms in total. The van der Waals surface area contributed by atoms with Gasteiger partial charge in [0.15, 0.2) is 9.84 Å². The van der Waals surface area contributed by atoms with Gasteiger partial charge in [-0.05, 0) is 24.3 Å². The normalized spacial score (nSPS) is 20.6. The molecule has 0 fully saturated rings. The van der Waals surface area contributed by atoms with Crippen molar-refractivity contribution in [1.29, 1.82) is 0 Å². The van der Waals surface area contributed by atoms with Gasteiger partial charge in [-0.15, -0.1) is 0 Å². The maximum Gasteiger partial charge on any atom is 0.221 e. The van der Waals surface area contributed by atoms with Crippen LogP contribution in [0.5, 0.6) is 0 Å². The molecule has 1 aliphatic heterocycles. The van der Waals surface area contributed by atoms with Crippen molar-refractivity contribution in [3.8, 4) is 0 Å². The van der Waals surface area contributed by atoms with Crippen LogP contribution in [0.4, 0.5) is 11.4 Å². The number of hydrogen-bond donors (Lipinski definition) is 2. The second-order valence-electron chi connectivity index (χ2n) is 4.17. The number of sulfone groups is 1. The molecule has 1 amide bonds. The van der Waals surface area contributed by atoms with E-state index in [0.29, 0.717) is 5.69 Å². The van der Waals surface area contributed by atoms with Crippen LogP contribution in [0.2, 0.25) is 0 Å². The number of benzene rings is 1. The third kappa shape index (κ3) is 3.33. The lowest BCUT2D eigenvalue weighted by molar-refractivity contribution is -0.114. The second-order valence-corrected chi connectivity index (χ2v) is 6.10. The maximum atomic E-state index is 11.2. The van der Waals surface area contributed by atoms with Crippen LogP contribution in [0, 0.1) is 0 Å². The molecule has 0 bridgehead atoms. The molecule has 1 aromatic rings. The minimum atomic E-state index is -3.04. The molecule has 6 heteroatoms. The van der Waals surface area contributed by atoms with E-state index in [1.54, 1.807) is 30.3 Å². The Hall–Kier alpha value is -1.82. The van der Waals surface area contributed by atoms with Gasteiger partial charge in [-0.25, -0.2) is 8.42 Å². The monoisotopic (exact) mass is 266 g/mol. The number of nitrogens with one attached hydrogen (secondary N) is 2. The van der Waals surface area contributed by atoms with Crippen molar-refractivity contribution in [1.82, 2.24) is 0 Å². The first-order valence-electron chi connectivity index (χ1n) is 5.50. The van der Waals surface area contributed by atoms with Gasteiger partial charge in [0.1, 0.15) is 0 Å². The Bertz CT molecular complexity index is 576. The van der Waals surface area contributed by atoms with Crippen molar-refractivity contribution in [2.45, 2.75) is 13.0 Å². The summed E-state index contributed by atoms with van der Waals surface area (Å²) in [4.78, 5) is 10.8. The summed E-state index contributed by atoms with van der Waals surface area (Å²) in [6.45, 7) is 1.44. The molecular weight excluding hydrogens is 252 g/mol. The number of amides is 1. The molecule has 0 spiro atoms. The van der Waals surface area contributed by atoms with E-state index in [1.807, 2.05) is 0 Å². The number of hydrogen-bond acceptors (Lipinski definition) is 4. The Kier molecular flexibility index (Phi) is 3.38. The Labute approximate surface area is 106 Å². The van der Waals surface area contributed by atoms with Crippen LogP contribution in [0.15, 0.2) is 35.7 Å². The molecule has 0 aromatic heterocycles. The van der Waals surface area contributed by atoms with Crippen molar-refractivity contribution in [3.63, 3.8) is 0 Å². The molecule has 1 heterocycles. The number of carbonyl (C=O) groups excluding carboxylic acids is 1. The van der Waals surface area contributed by atoms with Gasteiger partial charge in [-0.3, -0.25) is 4.79 Å². The highest BCUT2D eigenvalue weighted by Crippen LogP contribution is 2.17. The molecule has 18 heavy (non-hydrogen) atoms. The minimum Gasteiger partial charge on any atom is -0.378 e. The molecule has 1 aliphatic rings. The summed E-state index contributed by atoms with van der Waals surface area (Å²) in [6.07, 6.45) is 1.64. The summed E-state index contributed by atoms with van der Waals surface area (Å²) in [5.74, 6) is -0.0407. The fourth-order valence-electron chi connectivity index (χ4n) is 1.73. The van der Waals surface area contributed by atoms with Gasteiger partial charge >= 0.3 is 0 Å². The summed E-state index contributed by atoms with van der Waals surface area (Å²) in [5.41, 5.74) is 1.53. The first-order chi connectivity index (χ1) is 8.44. The van der Waals surface area contributed by atoms with Crippen LogP contribution < -0.4 is 10.6 Å². The number of anilines is 2. The molecule has 1 atom stereocenters. The summed E-state index contributed by atoms with van der Waals surface area (Å²) in [6, 6.07) is 6.92. The topological polar surface area (TPSA) is 75.3 Å². The van der Waals surface area contributed by atoms with E-state index in [1.165, 1.54) is 12.3 Å². The van der Waals surface area contributed by atoms with E-state index < -0.39 is 9.84 Å². The fourth-order valence-corrected chi connectivity index (χ4v) is 2.97. The number of carbonyl (C=O) groups is 1. The van der Waals surface area contributed by atoms with Gasteiger partial charge in [-0.1, -0.05) is 6.08 Å². The average Bonchev–Trinajstić information content (AvgIpc) is 2.60. The molecule has 96 valence electrons. The molecule has 0 unspecified atom stereocenters. The Balaban J connectivity index is 1.99. The van der Waals surface area contributed by atoms with Gasteiger partial charge in [0.2, 0.25) is 5.91 Å². The van der Waals surface area contributed by atoms with Crippen LogP contribution >= 0.6 is 0 Å². The van der Waals surface area contributed by atoms with Crippen LogP contribution in [0.25, 0.3) is 0 Å². The standard InChI is InChI=1S/C12H14N2O3S/c1-9(15)13-10-2-4-11(5-3-10)14-12-6-7-18(16,17)8-12/h2-7,12,14H,8H2,1H3,(H,13,15)/t12-/m1/s1. The van der Waals surface area contributed by atoms with E-state index >= 15 is 0 Å². The van der Waals surface area contributed by atoms with E-state index in [4.69, 9.17) is 0 Å². The zero-order valence-corrected chi connectivity index (χ0v) is 10.7. The highest BCUT2D eigenvalue weighted by Gasteiger charge is 2.21. The zero-order chi connectivity index (χ0) is 13.2. The second kappa shape index (κ2) is 4.81. The summed E-state index contributed by atoms with van der Waals surface area (Å²) >= 11 is 0. The third-order valence-electron chi connectivity index (χ3n) is 2.49. The Morgan fingerprint density at radius 1 is 1.22 bits per heavy atom. The van der Waals surface area contributed by atoms with Crippen molar-refractivity contribution >= 4 is 27.1 Å². The molecule has 0 saturated heterocycles. The largest absolute Gasteiger partial charge is 0.378 e. The van der Waals surface area contributed by atoms with Gasteiger partial charge in [0.25, 0.3) is 0 Å². The van der Waals surface area contributed by atoms with Gasteiger partial charge in [-0.2, -0.15) is 0 Å². The van der Waals surface area contributed by atoms with Crippen LogP contribution in [-0.4, -0.2) is 26.1 Å². The van der Waals surface area contributed by atoms with E-state index in [0.717, 1.165) is 5.69 Å². The lowest BCUT2D eigenvalue weighted by Gasteiger charge is -2.12. The van der Waals surface area contributed by atoms with Crippen molar-refractivity contribution in [2.24, 2.45) is 0 Å². The van der Waals surface area contributed by atoms with Crippen LogP contribution in [0.1, 0.15) is 6.92 Å². The van der Waals surface area contributed by atoms with E-state index in [9.17, 15) is 13.2 Å². The van der Waals surface area contributed by atoms with Gasteiger partial charge in [0, 0.05) is 23.7 Å². The van der Waals surface area contributed by atoms with E-state index in [2.05, 4.69) is 10.6 Å². The molecule has 0 radical (unpaired) electrons. The Morgan fingerprint density at radius 2 is 1.83 bits per heavy atom. The van der Waals surface area contributed by atoms with E-state index in [-0.39, 0.29) is 17.7 Å². The maximum absolute atomic E-state index is 11.2. The molecular formula is C12H14N2O3S. The lowest BCUT2D eigenvalue weighted by Crippen LogP contribution is -2.20. The summed E-state index contributed by atoms with van der Waals surface area (Å²) in [5, 5.41) is 6.99. The SMILES string of the molecule is CC(=O)Nc1ccc(N[C@@H]2C=CS(=O)(=O)C2)cc1. The van der Waals surface area contributed by atoms with Crippen molar-refractivity contribution < 1.29 is 13.2 Å². The lowest BCUT2D eigenvalue weighted by atomic mass is 10.2. The molecule has 0 aliphatic carbocycles.